The molecule has 0 aliphatic carbocycles. The highest BCUT2D eigenvalue weighted by molar-refractivity contribution is 7.89. The molecule has 0 amide bonds. The third-order valence-corrected chi connectivity index (χ3v) is 2.67. The average Bonchev–Trinajstić information content (AvgIpc) is 2.06. The van der Waals surface area contributed by atoms with Gasteiger partial charge in [-0.2, -0.15) is 0 Å². The summed E-state index contributed by atoms with van der Waals surface area (Å²) in [4.78, 5) is 3.21. The zero-order valence-electron chi connectivity index (χ0n) is 7.12. The summed E-state index contributed by atoms with van der Waals surface area (Å²) in [6.45, 7) is 0. The van der Waals surface area contributed by atoms with Crippen LogP contribution in [-0.4, -0.2) is 13.4 Å². The number of nitrogens with two attached hydrogens (primary N) is 2. The Bertz CT molecular complexity index is 491. The van der Waals surface area contributed by atoms with E-state index in [-0.39, 0.29) is 10.8 Å². The van der Waals surface area contributed by atoms with E-state index >= 15 is 0 Å². The van der Waals surface area contributed by atoms with Gasteiger partial charge in [0.1, 0.15) is 0 Å². The number of hydrogen-bond acceptors (Lipinski definition) is 4. The second kappa shape index (κ2) is 3.87. The maximum Gasteiger partial charge on any atom is 0.266 e. The van der Waals surface area contributed by atoms with Crippen molar-refractivity contribution in [1.29, 1.82) is 0 Å². The summed E-state index contributed by atoms with van der Waals surface area (Å²) in [6.07, 6.45) is -3.05. The Morgan fingerprint density at radius 2 is 2.00 bits per heavy atom. The van der Waals surface area contributed by atoms with Crippen LogP contribution in [0.25, 0.3) is 0 Å². The molecule has 0 saturated heterocycles. The molecule has 0 atom stereocenters. The van der Waals surface area contributed by atoms with Crippen LogP contribution >= 0.6 is 11.6 Å². The van der Waals surface area contributed by atoms with Gasteiger partial charge in [-0.15, -0.1) is 0 Å². The Morgan fingerprint density at radius 3 is 2.40 bits per heavy atom. The van der Waals surface area contributed by atoms with Crippen molar-refractivity contribution in [2.45, 2.75) is 11.5 Å². The molecule has 0 spiro atoms. The van der Waals surface area contributed by atoms with Gasteiger partial charge in [0.25, 0.3) is 16.4 Å². The Kier molecular flexibility index (Phi) is 3.12. The van der Waals surface area contributed by atoms with Crippen molar-refractivity contribution in [3.8, 4) is 0 Å². The second-order valence-electron chi connectivity index (χ2n) is 2.61. The molecule has 9 heteroatoms. The highest BCUT2D eigenvalue weighted by Crippen LogP contribution is 2.29. The molecular weight excluding hydrogens is 252 g/mol. The van der Waals surface area contributed by atoms with Gasteiger partial charge < -0.3 is 5.73 Å². The van der Waals surface area contributed by atoms with Gasteiger partial charge in [-0.05, 0) is 6.07 Å². The van der Waals surface area contributed by atoms with Crippen molar-refractivity contribution in [3.05, 3.63) is 16.8 Å². The topological polar surface area (TPSA) is 99.1 Å². The predicted molar refractivity (Wildman–Crippen MR) is 50.0 cm³/mol. The third-order valence-electron chi connectivity index (χ3n) is 1.50. The Morgan fingerprint density at radius 1 is 1.47 bits per heavy atom. The summed E-state index contributed by atoms with van der Waals surface area (Å²) < 4.78 is 46.6. The van der Waals surface area contributed by atoms with Crippen LogP contribution in [0.5, 0.6) is 0 Å². The number of pyridine rings is 1. The van der Waals surface area contributed by atoms with Gasteiger partial charge in [0, 0.05) is 0 Å². The molecule has 0 aliphatic heterocycles. The first-order valence-electron chi connectivity index (χ1n) is 3.50. The molecule has 1 heterocycles. The highest BCUT2D eigenvalue weighted by Gasteiger charge is 2.24. The van der Waals surface area contributed by atoms with Crippen LogP contribution in [0.4, 0.5) is 14.5 Å². The van der Waals surface area contributed by atoms with Crippen LogP contribution in [0.3, 0.4) is 0 Å². The first-order valence-corrected chi connectivity index (χ1v) is 5.42. The highest BCUT2D eigenvalue weighted by atomic mass is 35.5. The molecule has 1 aromatic rings. The van der Waals surface area contributed by atoms with E-state index in [1.54, 1.807) is 0 Å². The minimum atomic E-state index is -4.35. The van der Waals surface area contributed by atoms with Gasteiger partial charge in [-0.1, -0.05) is 11.6 Å². The van der Waals surface area contributed by atoms with E-state index in [4.69, 9.17) is 22.5 Å². The number of halogens is 3. The van der Waals surface area contributed by atoms with E-state index in [1.165, 1.54) is 0 Å². The molecule has 0 bridgehead atoms. The molecule has 0 radical (unpaired) electrons. The average molecular weight is 258 g/mol. The number of alkyl halides is 2. The first kappa shape index (κ1) is 12.1. The molecule has 0 unspecified atom stereocenters. The van der Waals surface area contributed by atoms with Gasteiger partial charge in [0.15, 0.2) is 10.2 Å². The van der Waals surface area contributed by atoms with Gasteiger partial charge in [-0.25, -0.2) is 27.3 Å². The molecule has 0 fully saturated rings. The van der Waals surface area contributed by atoms with E-state index in [2.05, 4.69) is 4.98 Å². The van der Waals surface area contributed by atoms with Crippen LogP contribution in [0.1, 0.15) is 12.0 Å². The van der Waals surface area contributed by atoms with Crippen molar-refractivity contribution < 1.29 is 17.2 Å². The fraction of sp³-hybridized carbons (Fsp3) is 0.167. The molecule has 5 nitrogen and oxygen atoms in total. The van der Waals surface area contributed by atoms with Crippen molar-refractivity contribution in [2.24, 2.45) is 5.14 Å². The van der Waals surface area contributed by atoms with E-state index in [9.17, 15) is 17.2 Å². The standard InChI is InChI=1S/C6H6ClF2N3O2S/c7-4-3(10)1-2(5(8)9)6(12-4)15(11,13)14/h1,5H,10H2,(H2,11,13,14). The minimum Gasteiger partial charge on any atom is -0.396 e. The molecule has 1 rings (SSSR count). The summed E-state index contributed by atoms with van der Waals surface area (Å²) in [5.74, 6) is 0. The van der Waals surface area contributed by atoms with Gasteiger partial charge in [0.2, 0.25) is 0 Å². The van der Waals surface area contributed by atoms with E-state index in [0.29, 0.717) is 0 Å². The number of nitrogens with zero attached hydrogens (tertiary/aromatic N) is 1. The number of anilines is 1. The van der Waals surface area contributed by atoms with Crippen LogP contribution in [0, 0.1) is 0 Å². The minimum absolute atomic E-state index is 0.237. The van der Waals surface area contributed by atoms with Crippen molar-refractivity contribution in [3.63, 3.8) is 0 Å². The summed E-state index contributed by atoms with van der Waals surface area (Å²) in [7, 11) is -4.35. The largest absolute Gasteiger partial charge is 0.396 e. The molecule has 0 aliphatic rings. The predicted octanol–water partition coefficient (Wildman–Crippen LogP) is 0.902. The van der Waals surface area contributed by atoms with Crippen LogP contribution < -0.4 is 10.9 Å². The molecule has 15 heavy (non-hydrogen) atoms. The monoisotopic (exact) mass is 257 g/mol. The van der Waals surface area contributed by atoms with Gasteiger partial charge >= 0.3 is 0 Å². The fourth-order valence-electron chi connectivity index (χ4n) is 0.891. The number of rotatable bonds is 2. The maximum atomic E-state index is 12.4. The van der Waals surface area contributed by atoms with Crippen molar-refractivity contribution in [2.75, 3.05) is 5.73 Å². The Labute approximate surface area is 89.1 Å². The van der Waals surface area contributed by atoms with Crippen LogP contribution in [-0.2, 0) is 10.0 Å². The maximum absolute atomic E-state index is 12.4. The summed E-state index contributed by atoms with van der Waals surface area (Å²) in [5.41, 5.74) is 4.11. The Hall–Kier alpha value is -0.990. The lowest BCUT2D eigenvalue weighted by Gasteiger charge is -2.07. The first-order chi connectivity index (χ1) is 6.73. The van der Waals surface area contributed by atoms with Crippen molar-refractivity contribution in [1.82, 2.24) is 4.98 Å². The summed E-state index contributed by atoms with van der Waals surface area (Å²) in [5, 5.41) is 3.34. The second-order valence-corrected chi connectivity index (χ2v) is 4.44. The summed E-state index contributed by atoms with van der Waals surface area (Å²) >= 11 is 5.40. The van der Waals surface area contributed by atoms with E-state index in [1.807, 2.05) is 0 Å². The Balaban J connectivity index is 3.56. The molecule has 1 aromatic heterocycles. The number of primary sulfonamides is 1. The molecule has 0 aromatic carbocycles. The molecule has 84 valence electrons. The zero-order chi connectivity index (χ0) is 11.8. The molecule has 0 saturated carbocycles. The van der Waals surface area contributed by atoms with Gasteiger partial charge in [0.05, 0.1) is 11.3 Å². The van der Waals surface area contributed by atoms with E-state index in [0.717, 1.165) is 6.07 Å². The normalized spacial score (nSPS) is 12.1. The number of sulfonamides is 1. The lowest BCUT2D eigenvalue weighted by molar-refractivity contribution is 0.147. The lowest BCUT2D eigenvalue weighted by Crippen LogP contribution is -2.17. The number of nitrogen functional groups attached to an aromatic ring is 1. The molecule has 4 N–H and O–H groups in total. The van der Waals surface area contributed by atoms with Crippen LogP contribution in [0.2, 0.25) is 5.15 Å². The lowest BCUT2D eigenvalue weighted by atomic mass is 10.3. The number of aromatic nitrogens is 1. The van der Waals surface area contributed by atoms with Gasteiger partial charge in [-0.3, -0.25) is 0 Å². The smallest absolute Gasteiger partial charge is 0.266 e. The third kappa shape index (κ3) is 2.52. The quantitative estimate of drug-likeness (QED) is 0.769. The van der Waals surface area contributed by atoms with E-state index < -0.39 is 27.0 Å². The number of hydrogen-bond donors (Lipinski definition) is 2. The summed E-state index contributed by atoms with van der Waals surface area (Å²) in [6, 6.07) is 0.736. The fourth-order valence-corrected chi connectivity index (χ4v) is 1.78. The van der Waals surface area contributed by atoms with Crippen molar-refractivity contribution >= 4 is 27.3 Å². The molecular formula is C6H6ClF2N3O2S. The van der Waals surface area contributed by atoms with Crippen LogP contribution in [0.15, 0.2) is 11.1 Å². The zero-order valence-corrected chi connectivity index (χ0v) is 8.69. The SMILES string of the molecule is Nc1cc(C(F)F)c(S(N)(=O)=O)nc1Cl.